The predicted molar refractivity (Wildman–Crippen MR) is 102 cm³/mol. The monoisotopic (exact) mass is 370 g/mol. The van der Waals surface area contributed by atoms with E-state index in [-0.39, 0.29) is 51.5 Å². The maximum Gasteiger partial charge on any atom is 0.217 e. The molecule has 0 amide bonds. The van der Waals surface area contributed by atoms with Crippen LogP contribution < -0.4 is 32.1 Å². The molecule has 6 N–H and O–H groups in total. The molecule has 0 heterocycles. The number of nitrogens with one attached hydrogen (secondary N) is 2. The van der Waals surface area contributed by atoms with E-state index in [2.05, 4.69) is 23.8 Å². The second-order valence-electron chi connectivity index (χ2n) is 6.55. The van der Waals surface area contributed by atoms with Crippen molar-refractivity contribution in [1.82, 2.24) is 0 Å². The Morgan fingerprint density at radius 1 is 1.00 bits per heavy atom. The van der Waals surface area contributed by atoms with Gasteiger partial charge in [-0.2, -0.15) is 11.8 Å². The average molecular weight is 370 g/mol. The van der Waals surface area contributed by atoms with E-state index in [1.165, 1.54) is 12.4 Å². The van der Waals surface area contributed by atoms with Crippen LogP contribution in [-0.4, -0.2) is 11.6 Å². The summed E-state index contributed by atoms with van der Waals surface area (Å²) < 4.78 is 0. The molecule has 0 aromatic heterocycles. The first kappa shape index (κ1) is 18.7. The highest BCUT2D eigenvalue weighted by molar-refractivity contribution is 6.23. The summed E-state index contributed by atoms with van der Waals surface area (Å²) >= 11 is 0. The molecular weight excluding hydrogens is 348 g/mol. The summed E-state index contributed by atoms with van der Waals surface area (Å²) in [4.78, 5) is 36.6. The number of allylic oxidation sites excluding steroid dienone is 2. The SMILES string of the molecule is C=CNc1c(ON)c(ON)c(NC=C)c2c1C(=O)C1C=CC(C)CC1C2=O. The lowest BCUT2D eigenvalue weighted by molar-refractivity contribution is 0.0744. The fourth-order valence-corrected chi connectivity index (χ4v) is 3.86. The van der Waals surface area contributed by atoms with E-state index < -0.39 is 11.8 Å². The summed E-state index contributed by atoms with van der Waals surface area (Å²) in [6.07, 6.45) is 7.04. The van der Waals surface area contributed by atoms with Crippen molar-refractivity contribution >= 4 is 22.9 Å². The predicted octanol–water partition coefficient (Wildman–Crippen LogP) is 2.51. The molecule has 27 heavy (non-hydrogen) atoms. The topological polar surface area (TPSA) is 129 Å². The van der Waals surface area contributed by atoms with Crippen LogP contribution in [0.1, 0.15) is 34.1 Å². The van der Waals surface area contributed by atoms with Crippen LogP contribution in [0.15, 0.2) is 37.7 Å². The molecule has 0 bridgehead atoms. The van der Waals surface area contributed by atoms with Crippen molar-refractivity contribution in [3.05, 3.63) is 48.8 Å². The third-order valence-corrected chi connectivity index (χ3v) is 4.98. The van der Waals surface area contributed by atoms with Crippen molar-refractivity contribution < 1.29 is 19.3 Å². The van der Waals surface area contributed by atoms with Crippen LogP contribution in [0.3, 0.4) is 0 Å². The minimum atomic E-state index is -0.543. The number of hydrogen-bond donors (Lipinski definition) is 4. The second-order valence-corrected chi connectivity index (χ2v) is 6.55. The van der Waals surface area contributed by atoms with Gasteiger partial charge in [0.05, 0.1) is 28.4 Å². The molecule has 0 fully saturated rings. The first-order valence-corrected chi connectivity index (χ1v) is 8.49. The van der Waals surface area contributed by atoms with E-state index in [1.807, 2.05) is 13.0 Å². The lowest BCUT2D eigenvalue weighted by Gasteiger charge is -2.35. The lowest BCUT2D eigenvalue weighted by Crippen LogP contribution is -2.39. The van der Waals surface area contributed by atoms with E-state index in [1.54, 1.807) is 6.08 Å². The van der Waals surface area contributed by atoms with E-state index in [0.717, 1.165) is 0 Å². The van der Waals surface area contributed by atoms with Crippen molar-refractivity contribution in [2.75, 3.05) is 10.6 Å². The summed E-state index contributed by atoms with van der Waals surface area (Å²) in [5, 5.41) is 5.66. The Kier molecular flexibility index (Phi) is 5.02. The van der Waals surface area contributed by atoms with Crippen LogP contribution >= 0.6 is 0 Å². The molecule has 3 rings (SSSR count). The Balaban J connectivity index is 2.39. The number of anilines is 2. The summed E-state index contributed by atoms with van der Waals surface area (Å²) in [6, 6.07) is 0. The Morgan fingerprint density at radius 2 is 1.52 bits per heavy atom. The second kappa shape index (κ2) is 7.26. The number of benzene rings is 1. The van der Waals surface area contributed by atoms with Crippen molar-refractivity contribution in [2.45, 2.75) is 13.3 Å². The quantitative estimate of drug-likeness (QED) is 0.444. The van der Waals surface area contributed by atoms with E-state index >= 15 is 0 Å². The number of hydrogen-bond acceptors (Lipinski definition) is 8. The highest BCUT2D eigenvalue weighted by Gasteiger charge is 2.46. The molecule has 2 aliphatic carbocycles. The van der Waals surface area contributed by atoms with Crippen molar-refractivity contribution in [2.24, 2.45) is 29.5 Å². The Morgan fingerprint density at radius 3 is 2.00 bits per heavy atom. The van der Waals surface area contributed by atoms with Gasteiger partial charge < -0.3 is 20.3 Å². The van der Waals surface area contributed by atoms with Gasteiger partial charge in [0.15, 0.2) is 11.6 Å². The smallest absolute Gasteiger partial charge is 0.217 e. The van der Waals surface area contributed by atoms with Crippen LogP contribution in [0, 0.1) is 17.8 Å². The fourth-order valence-electron chi connectivity index (χ4n) is 3.86. The third-order valence-electron chi connectivity index (χ3n) is 4.98. The van der Waals surface area contributed by atoms with Gasteiger partial charge in [-0.3, -0.25) is 9.59 Å². The molecule has 1 aromatic carbocycles. The number of nitrogens with two attached hydrogens (primary N) is 2. The number of fused-ring (bicyclic) bond motifs is 2. The molecule has 1 aromatic rings. The maximum atomic E-state index is 13.4. The Labute approximate surface area is 156 Å². The minimum Gasteiger partial charge on any atom is -0.405 e. The minimum absolute atomic E-state index is 0.0144. The van der Waals surface area contributed by atoms with Crippen LogP contribution in [0.2, 0.25) is 0 Å². The Hall–Kier alpha value is -3.10. The highest BCUT2D eigenvalue weighted by atomic mass is 16.7. The van der Waals surface area contributed by atoms with Gasteiger partial charge in [-0.15, -0.1) is 0 Å². The van der Waals surface area contributed by atoms with Gasteiger partial charge in [0.1, 0.15) is 0 Å². The van der Waals surface area contributed by atoms with E-state index in [9.17, 15) is 9.59 Å². The molecule has 3 atom stereocenters. The summed E-state index contributed by atoms with van der Waals surface area (Å²) in [7, 11) is 0. The number of ketones is 2. The molecule has 0 spiro atoms. The highest BCUT2D eigenvalue weighted by Crippen LogP contribution is 2.51. The summed E-state index contributed by atoms with van der Waals surface area (Å²) in [5.41, 5.74) is 0.707. The van der Waals surface area contributed by atoms with Crippen molar-refractivity contribution in [3.63, 3.8) is 0 Å². The number of Topliss-reactive ketones (excluding diaryl/α,β-unsaturated/α-hetero) is 2. The standard InChI is InChI=1S/C19H22N4O4/c1-4-22-14-12-13(15(23-5-2)19(27-21)18(14)26-20)17(25)11-8-9(3)6-7-10(11)16(12)24/h4-7,9-11,22-23H,1-2,8,20-21H2,3H3. The number of carbonyl (C=O) groups excluding carboxylic acids is 2. The first-order valence-electron chi connectivity index (χ1n) is 8.49. The summed E-state index contributed by atoms with van der Waals surface area (Å²) in [6.45, 7) is 9.23. The molecule has 2 aliphatic rings. The molecule has 0 aliphatic heterocycles. The van der Waals surface area contributed by atoms with Crippen molar-refractivity contribution in [3.8, 4) is 11.5 Å². The van der Waals surface area contributed by atoms with Gasteiger partial charge in [-0.1, -0.05) is 32.2 Å². The average Bonchev–Trinajstić information content (AvgIpc) is 2.66. The number of carbonyl (C=O) groups is 2. The van der Waals surface area contributed by atoms with Gasteiger partial charge in [0, 0.05) is 5.92 Å². The van der Waals surface area contributed by atoms with Crippen molar-refractivity contribution in [1.29, 1.82) is 0 Å². The van der Waals surface area contributed by atoms with Gasteiger partial charge in [-0.25, -0.2) is 0 Å². The van der Waals surface area contributed by atoms with Gasteiger partial charge in [0.25, 0.3) is 0 Å². The van der Waals surface area contributed by atoms with Gasteiger partial charge >= 0.3 is 0 Å². The summed E-state index contributed by atoms with van der Waals surface area (Å²) in [5.74, 6) is 9.61. The third kappa shape index (κ3) is 2.79. The lowest BCUT2D eigenvalue weighted by atomic mass is 9.67. The molecule has 142 valence electrons. The largest absolute Gasteiger partial charge is 0.405 e. The fraction of sp³-hybridized carbons (Fsp3) is 0.263. The Bertz CT molecular complexity index is 862. The molecule has 8 nitrogen and oxygen atoms in total. The molecule has 3 unspecified atom stereocenters. The molecule has 0 saturated heterocycles. The normalized spacial score (nSPS) is 23.1. The molecular formula is C19H22N4O4. The van der Waals surface area contributed by atoms with Crippen LogP contribution in [0.5, 0.6) is 11.5 Å². The molecule has 0 saturated carbocycles. The van der Waals surface area contributed by atoms with E-state index in [0.29, 0.717) is 6.42 Å². The zero-order valence-electron chi connectivity index (χ0n) is 15.0. The molecule has 8 heteroatoms. The van der Waals surface area contributed by atoms with E-state index in [4.69, 9.17) is 21.5 Å². The van der Waals surface area contributed by atoms with Crippen LogP contribution in [0.25, 0.3) is 0 Å². The number of rotatable bonds is 6. The van der Waals surface area contributed by atoms with Gasteiger partial charge in [-0.05, 0) is 24.7 Å². The zero-order chi connectivity index (χ0) is 19.7. The van der Waals surface area contributed by atoms with Gasteiger partial charge in [0.2, 0.25) is 11.5 Å². The van der Waals surface area contributed by atoms with Crippen LogP contribution in [-0.2, 0) is 0 Å². The zero-order valence-corrected chi connectivity index (χ0v) is 15.0. The van der Waals surface area contributed by atoms with Crippen LogP contribution in [0.4, 0.5) is 11.4 Å². The first-order chi connectivity index (χ1) is 13.0. The maximum absolute atomic E-state index is 13.4. The molecule has 0 radical (unpaired) electrons.